The molecule has 1 aromatic heterocycles. The Balaban J connectivity index is 3.13. The predicted octanol–water partition coefficient (Wildman–Crippen LogP) is 3.54. The van der Waals surface area contributed by atoms with Crippen molar-refractivity contribution in [3.05, 3.63) is 28.8 Å². The lowest BCUT2D eigenvalue weighted by molar-refractivity contribution is 0.297. The maximum Gasteiger partial charge on any atom is 0.137 e. The zero-order valence-electron chi connectivity index (χ0n) is 10.2. The van der Waals surface area contributed by atoms with Crippen LogP contribution >= 0.6 is 15.9 Å². The van der Waals surface area contributed by atoms with E-state index in [4.69, 9.17) is 4.74 Å². The first kappa shape index (κ1) is 13.2. The van der Waals surface area contributed by atoms with E-state index in [2.05, 4.69) is 53.2 Å². The third-order valence-electron chi connectivity index (χ3n) is 1.97. The molecule has 0 saturated heterocycles. The molecule has 0 bridgehead atoms. The lowest BCUT2D eigenvalue weighted by atomic mass is 9.95. The van der Waals surface area contributed by atoms with E-state index >= 15 is 0 Å². The van der Waals surface area contributed by atoms with Gasteiger partial charge in [-0.2, -0.15) is 0 Å². The fourth-order valence-electron chi connectivity index (χ4n) is 1.14. The van der Waals surface area contributed by atoms with E-state index in [1.807, 2.05) is 13.0 Å². The van der Waals surface area contributed by atoms with Gasteiger partial charge in [-0.3, -0.25) is 0 Å². The first-order valence-electron chi connectivity index (χ1n) is 5.21. The molecule has 1 heterocycles. The van der Waals surface area contributed by atoms with E-state index in [9.17, 15) is 0 Å². The smallest absolute Gasteiger partial charge is 0.137 e. The van der Waals surface area contributed by atoms with Crippen LogP contribution < -0.4 is 0 Å². The second-order valence-corrected chi connectivity index (χ2v) is 5.32. The van der Waals surface area contributed by atoms with Crippen LogP contribution in [0.5, 0.6) is 0 Å². The minimum atomic E-state index is -0.0922. The molecule has 16 heavy (non-hydrogen) atoms. The third-order valence-corrected chi connectivity index (χ3v) is 2.38. The largest absolute Gasteiger partial charge is 0.492 e. The molecule has 4 heteroatoms. The SMILES string of the molecule is C=C(OCC)c1cc(Br)nc(C(C)(C)C)n1. The van der Waals surface area contributed by atoms with E-state index in [-0.39, 0.29) is 5.41 Å². The Morgan fingerprint density at radius 3 is 2.56 bits per heavy atom. The van der Waals surface area contributed by atoms with Gasteiger partial charge in [-0.05, 0) is 22.9 Å². The van der Waals surface area contributed by atoms with Gasteiger partial charge in [-0.15, -0.1) is 0 Å². The Labute approximate surface area is 105 Å². The van der Waals surface area contributed by atoms with Crippen molar-refractivity contribution in [1.82, 2.24) is 9.97 Å². The van der Waals surface area contributed by atoms with Crippen molar-refractivity contribution in [2.24, 2.45) is 0 Å². The summed E-state index contributed by atoms with van der Waals surface area (Å²) >= 11 is 3.38. The van der Waals surface area contributed by atoms with E-state index in [0.29, 0.717) is 12.4 Å². The fraction of sp³-hybridized carbons (Fsp3) is 0.500. The summed E-state index contributed by atoms with van der Waals surface area (Å²) in [5.41, 5.74) is 0.638. The first-order chi connectivity index (χ1) is 7.34. The van der Waals surface area contributed by atoms with Gasteiger partial charge >= 0.3 is 0 Å². The van der Waals surface area contributed by atoms with E-state index in [1.165, 1.54) is 0 Å². The quantitative estimate of drug-likeness (QED) is 0.629. The summed E-state index contributed by atoms with van der Waals surface area (Å²) in [4.78, 5) is 8.81. The van der Waals surface area contributed by atoms with Crippen LogP contribution in [0.25, 0.3) is 5.76 Å². The Hall–Kier alpha value is -0.900. The number of aromatic nitrogens is 2. The second kappa shape index (κ2) is 4.95. The topological polar surface area (TPSA) is 35.0 Å². The maximum atomic E-state index is 5.34. The normalized spacial score (nSPS) is 11.3. The molecule has 0 amide bonds. The van der Waals surface area contributed by atoms with Crippen LogP contribution in [0.3, 0.4) is 0 Å². The van der Waals surface area contributed by atoms with Crippen molar-refractivity contribution < 1.29 is 4.74 Å². The molecule has 0 aromatic carbocycles. The summed E-state index contributed by atoms with van der Waals surface area (Å²) < 4.78 is 6.10. The third kappa shape index (κ3) is 3.30. The van der Waals surface area contributed by atoms with Gasteiger partial charge in [0, 0.05) is 11.5 Å². The standard InChI is InChI=1S/C12H17BrN2O/c1-6-16-8(2)9-7-10(13)15-11(14-9)12(3,4)5/h7H,2,6H2,1,3-5H3. The van der Waals surface area contributed by atoms with Crippen LogP contribution in [0.2, 0.25) is 0 Å². The monoisotopic (exact) mass is 284 g/mol. The van der Waals surface area contributed by atoms with Crippen molar-refractivity contribution in [2.45, 2.75) is 33.1 Å². The van der Waals surface area contributed by atoms with Crippen molar-refractivity contribution in [3.8, 4) is 0 Å². The summed E-state index contributed by atoms with van der Waals surface area (Å²) in [5.74, 6) is 1.36. The number of hydrogen-bond acceptors (Lipinski definition) is 3. The van der Waals surface area contributed by atoms with Crippen LogP contribution in [0.1, 0.15) is 39.2 Å². The highest BCUT2D eigenvalue weighted by Gasteiger charge is 2.19. The lowest BCUT2D eigenvalue weighted by Crippen LogP contribution is -2.17. The Morgan fingerprint density at radius 2 is 2.06 bits per heavy atom. The molecule has 88 valence electrons. The first-order valence-corrected chi connectivity index (χ1v) is 6.01. The molecule has 0 saturated carbocycles. The highest BCUT2D eigenvalue weighted by atomic mass is 79.9. The van der Waals surface area contributed by atoms with Crippen LogP contribution in [0.15, 0.2) is 17.2 Å². The maximum absolute atomic E-state index is 5.34. The molecule has 1 rings (SSSR count). The zero-order valence-corrected chi connectivity index (χ0v) is 11.8. The molecule has 3 nitrogen and oxygen atoms in total. The van der Waals surface area contributed by atoms with Crippen molar-refractivity contribution in [2.75, 3.05) is 6.61 Å². The van der Waals surface area contributed by atoms with E-state index in [0.717, 1.165) is 16.1 Å². The van der Waals surface area contributed by atoms with Gasteiger partial charge < -0.3 is 4.74 Å². The number of nitrogens with zero attached hydrogens (tertiary/aromatic N) is 2. The van der Waals surface area contributed by atoms with Crippen LogP contribution in [-0.2, 0) is 10.2 Å². The van der Waals surface area contributed by atoms with Gasteiger partial charge in [-0.1, -0.05) is 27.4 Å². The van der Waals surface area contributed by atoms with E-state index in [1.54, 1.807) is 0 Å². The Morgan fingerprint density at radius 1 is 1.44 bits per heavy atom. The number of ether oxygens (including phenoxy) is 1. The molecular formula is C12H17BrN2O. The summed E-state index contributed by atoms with van der Waals surface area (Å²) in [5, 5.41) is 0. The molecule has 0 unspecified atom stereocenters. The summed E-state index contributed by atoms with van der Waals surface area (Å²) in [6, 6.07) is 1.81. The molecule has 0 radical (unpaired) electrons. The van der Waals surface area contributed by atoms with Gasteiger partial charge in [0.05, 0.1) is 6.61 Å². The molecule has 0 atom stereocenters. The zero-order chi connectivity index (χ0) is 12.3. The predicted molar refractivity (Wildman–Crippen MR) is 69.1 cm³/mol. The molecule has 0 fully saturated rings. The van der Waals surface area contributed by atoms with Gasteiger partial charge in [0.1, 0.15) is 21.9 Å². The highest BCUT2D eigenvalue weighted by molar-refractivity contribution is 9.10. The summed E-state index contributed by atoms with van der Waals surface area (Å²) in [7, 11) is 0. The van der Waals surface area contributed by atoms with Crippen molar-refractivity contribution in [3.63, 3.8) is 0 Å². The highest BCUT2D eigenvalue weighted by Crippen LogP contribution is 2.23. The average molecular weight is 285 g/mol. The molecule has 0 aliphatic carbocycles. The van der Waals surface area contributed by atoms with Gasteiger partial charge in [0.15, 0.2) is 0 Å². The minimum absolute atomic E-state index is 0.0922. The molecule has 0 aliphatic heterocycles. The Kier molecular flexibility index (Phi) is 4.08. The minimum Gasteiger partial charge on any atom is -0.492 e. The van der Waals surface area contributed by atoms with Crippen molar-refractivity contribution in [1.29, 1.82) is 0 Å². The van der Waals surface area contributed by atoms with Gasteiger partial charge in [-0.25, -0.2) is 9.97 Å². The molecular weight excluding hydrogens is 268 g/mol. The van der Waals surface area contributed by atoms with E-state index < -0.39 is 0 Å². The second-order valence-electron chi connectivity index (χ2n) is 4.51. The fourth-order valence-corrected chi connectivity index (χ4v) is 1.53. The van der Waals surface area contributed by atoms with Gasteiger partial charge in [0.25, 0.3) is 0 Å². The summed E-state index contributed by atoms with van der Waals surface area (Å²) in [6.07, 6.45) is 0. The molecule has 0 spiro atoms. The molecule has 0 aliphatic rings. The summed E-state index contributed by atoms with van der Waals surface area (Å²) in [6.45, 7) is 12.6. The number of halogens is 1. The molecule has 1 aromatic rings. The number of hydrogen-bond donors (Lipinski definition) is 0. The Bertz CT molecular complexity index is 396. The van der Waals surface area contributed by atoms with Gasteiger partial charge in [0.2, 0.25) is 0 Å². The van der Waals surface area contributed by atoms with Crippen LogP contribution in [0.4, 0.5) is 0 Å². The van der Waals surface area contributed by atoms with Crippen molar-refractivity contribution >= 4 is 21.7 Å². The number of rotatable bonds is 3. The molecule has 0 N–H and O–H groups in total. The van der Waals surface area contributed by atoms with Crippen LogP contribution in [0, 0.1) is 0 Å². The average Bonchev–Trinajstić information content (AvgIpc) is 2.16. The van der Waals surface area contributed by atoms with Crippen LogP contribution in [-0.4, -0.2) is 16.6 Å². The lowest BCUT2D eigenvalue weighted by Gasteiger charge is -2.18.